The summed E-state index contributed by atoms with van der Waals surface area (Å²) in [5, 5.41) is 6.95. The van der Waals surface area contributed by atoms with Crippen LogP contribution in [0.4, 0.5) is 13.2 Å². The monoisotopic (exact) mass is 199 g/mol. The van der Waals surface area contributed by atoms with E-state index in [4.69, 9.17) is 0 Å². The third-order valence-electron chi connectivity index (χ3n) is 1.72. The highest BCUT2D eigenvalue weighted by Gasteiger charge is 2.30. The van der Waals surface area contributed by atoms with Crippen molar-refractivity contribution in [2.45, 2.75) is 6.18 Å². The zero-order valence-corrected chi connectivity index (χ0v) is 6.78. The minimum atomic E-state index is -4.36. The third-order valence-corrected chi connectivity index (χ3v) is 1.72. The molecule has 0 amide bonds. The Labute approximate surface area is 76.6 Å². The van der Waals surface area contributed by atoms with Crippen LogP contribution >= 0.6 is 0 Å². The maximum atomic E-state index is 12.2. The highest BCUT2D eigenvalue weighted by atomic mass is 19.4. The number of alkyl halides is 3. The molecule has 0 atom stereocenters. The number of hydrogen-bond acceptors (Lipinski definition) is 3. The van der Waals surface area contributed by atoms with E-state index in [0.29, 0.717) is 5.52 Å². The van der Waals surface area contributed by atoms with Crippen molar-refractivity contribution < 1.29 is 13.2 Å². The molecular weight excluding hydrogens is 195 g/mol. The van der Waals surface area contributed by atoms with Gasteiger partial charge in [-0.3, -0.25) is 0 Å². The van der Waals surface area contributed by atoms with Crippen molar-refractivity contribution in [3.63, 3.8) is 0 Å². The maximum absolute atomic E-state index is 12.2. The Morgan fingerprint density at radius 2 is 1.86 bits per heavy atom. The molecule has 1 aromatic carbocycles. The van der Waals surface area contributed by atoms with Crippen molar-refractivity contribution in [2.24, 2.45) is 0 Å². The van der Waals surface area contributed by atoms with Gasteiger partial charge in [-0.25, -0.2) is 4.98 Å². The molecule has 0 fully saturated rings. The second-order valence-electron chi connectivity index (χ2n) is 2.66. The molecule has 0 aliphatic heterocycles. The van der Waals surface area contributed by atoms with Crippen molar-refractivity contribution >= 4 is 11.0 Å². The molecule has 72 valence electrons. The van der Waals surface area contributed by atoms with Gasteiger partial charge in [-0.2, -0.15) is 13.2 Å². The van der Waals surface area contributed by atoms with Crippen molar-refractivity contribution in [1.29, 1.82) is 0 Å². The van der Waals surface area contributed by atoms with Crippen molar-refractivity contribution in [3.8, 4) is 0 Å². The van der Waals surface area contributed by atoms with E-state index in [1.165, 1.54) is 12.4 Å². The Morgan fingerprint density at radius 3 is 2.57 bits per heavy atom. The van der Waals surface area contributed by atoms with E-state index in [0.717, 1.165) is 12.1 Å². The van der Waals surface area contributed by atoms with E-state index in [-0.39, 0.29) is 5.52 Å². The van der Waals surface area contributed by atoms with Crippen LogP contribution in [0.25, 0.3) is 11.0 Å². The molecule has 0 saturated carbocycles. The second kappa shape index (κ2) is 2.90. The van der Waals surface area contributed by atoms with E-state index in [9.17, 15) is 13.2 Å². The Balaban J connectivity index is 2.63. The van der Waals surface area contributed by atoms with E-state index >= 15 is 0 Å². The molecule has 0 spiro atoms. The molecule has 2 aromatic rings. The van der Waals surface area contributed by atoms with Crippen LogP contribution in [0.15, 0.2) is 24.5 Å². The Morgan fingerprint density at radius 1 is 1.07 bits per heavy atom. The van der Waals surface area contributed by atoms with Gasteiger partial charge < -0.3 is 0 Å². The van der Waals surface area contributed by atoms with Gasteiger partial charge in [-0.1, -0.05) is 0 Å². The maximum Gasteiger partial charge on any atom is 0.416 e. The lowest BCUT2D eigenvalue weighted by Gasteiger charge is -2.05. The fraction of sp³-hybridized carbons (Fsp3) is 0.125. The molecule has 0 saturated heterocycles. The zero-order valence-electron chi connectivity index (χ0n) is 6.78. The summed E-state index contributed by atoms with van der Waals surface area (Å²) >= 11 is 0. The summed E-state index contributed by atoms with van der Waals surface area (Å²) in [5.41, 5.74) is -0.206. The molecule has 2 rings (SSSR count). The van der Waals surface area contributed by atoms with Crippen LogP contribution in [-0.4, -0.2) is 15.2 Å². The van der Waals surface area contributed by atoms with Gasteiger partial charge in [0.05, 0.1) is 11.1 Å². The molecular formula is C8H4F3N3. The van der Waals surface area contributed by atoms with Gasteiger partial charge in [0, 0.05) is 0 Å². The van der Waals surface area contributed by atoms with Crippen LogP contribution in [0.1, 0.15) is 5.56 Å². The fourth-order valence-corrected chi connectivity index (χ4v) is 1.07. The largest absolute Gasteiger partial charge is 0.416 e. The predicted octanol–water partition coefficient (Wildman–Crippen LogP) is 2.04. The fourth-order valence-electron chi connectivity index (χ4n) is 1.07. The summed E-state index contributed by atoms with van der Waals surface area (Å²) < 4.78 is 36.7. The highest BCUT2D eigenvalue weighted by Crippen LogP contribution is 2.30. The SMILES string of the molecule is FC(F)(F)c1ccc2ncnnc2c1. The van der Waals surface area contributed by atoms with Gasteiger partial charge in [0.1, 0.15) is 11.8 Å². The number of fused-ring (bicyclic) bond motifs is 1. The summed E-state index contributed by atoms with van der Waals surface area (Å²) in [6, 6.07) is 3.17. The lowest BCUT2D eigenvalue weighted by Crippen LogP contribution is -2.04. The number of benzene rings is 1. The number of halogens is 3. The molecule has 1 aromatic heterocycles. The molecule has 0 aliphatic carbocycles. The third kappa shape index (κ3) is 1.50. The standard InChI is InChI=1S/C8H4F3N3/c9-8(10,11)5-1-2-6-7(3-5)14-13-4-12-6/h1-4H. The summed E-state index contributed by atoms with van der Waals surface area (Å²) in [6.45, 7) is 0. The summed E-state index contributed by atoms with van der Waals surface area (Å²) in [5.74, 6) is 0. The van der Waals surface area contributed by atoms with Crippen LogP contribution < -0.4 is 0 Å². The molecule has 0 aliphatic rings. The number of rotatable bonds is 0. The Bertz CT molecular complexity index is 467. The Kier molecular flexibility index (Phi) is 1.83. The van der Waals surface area contributed by atoms with Crippen molar-refractivity contribution in [2.75, 3.05) is 0 Å². The average molecular weight is 199 g/mol. The van der Waals surface area contributed by atoms with E-state index in [2.05, 4.69) is 15.2 Å². The number of aromatic nitrogens is 3. The van der Waals surface area contributed by atoms with E-state index in [1.54, 1.807) is 0 Å². The molecule has 0 N–H and O–H groups in total. The molecule has 14 heavy (non-hydrogen) atoms. The first-order valence-corrected chi connectivity index (χ1v) is 3.72. The summed E-state index contributed by atoms with van der Waals surface area (Å²) in [4.78, 5) is 3.76. The van der Waals surface area contributed by atoms with E-state index in [1.807, 2.05) is 0 Å². The second-order valence-corrected chi connectivity index (χ2v) is 2.66. The molecule has 0 unspecified atom stereocenters. The molecule has 1 heterocycles. The molecule has 0 bridgehead atoms. The minimum absolute atomic E-state index is 0.141. The smallest absolute Gasteiger partial charge is 0.233 e. The number of nitrogens with zero attached hydrogens (tertiary/aromatic N) is 3. The van der Waals surface area contributed by atoms with Crippen LogP contribution in [0.2, 0.25) is 0 Å². The van der Waals surface area contributed by atoms with Crippen LogP contribution in [0, 0.1) is 0 Å². The first kappa shape index (κ1) is 8.86. The predicted molar refractivity (Wildman–Crippen MR) is 42.3 cm³/mol. The van der Waals surface area contributed by atoms with Gasteiger partial charge in [0.25, 0.3) is 0 Å². The van der Waals surface area contributed by atoms with Crippen molar-refractivity contribution in [3.05, 3.63) is 30.1 Å². The quantitative estimate of drug-likeness (QED) is 0.651. The van der Waals surface area contributed by atoms with E-state index < -0.39 is 11.7 Å². The van der Waals surface area contributed by atoms with Crippen LogP contribution in [-0.2, 0) is 6.18 Å². The zero-order chi connectivity index (χ0) is 10.2. The first-order chi connectivity index (χ1) is 6.57. The highest BCUT2D eigenvalue weighted by molar-refractivity contribution is 5.73. The van der Waals surface area contributed by atoms with Crippen molar-refractivity contribution in [1.82, 2.24) is 15.2 Å². The topological polar surface area (TPSA) is 38.7 Å². The van der Waals surface area contributed by atoms with Crippen LogP contribution in [0.3, 0.4) is 0 Å². The molecule has 3 nitrogen and oxygen atoms in total. The van der Waals surface area contributed by atoms with Gasteiger partial charge >= 0.3 is 6.18 Å². The average Bonchev–Trinajstić information content (AvgIpc) is 2.16. The lowest BCUT2D eigenvalue weighted by molar-refractivity contribution is -0.137. The van der Waals surface area contributed by atoms with Gasteiger partial charge in [0.2, 0.25) is 0 Å². The normalized spacial score (nSPS) is 11.9. The Hall–Kier alpha value is -1.72. The van der Waals surface area contributed by atoms with Gasteiger partial charge in [0.15, 0.2) is 0 Å². The van der Waals surface area contributed by atoms with Crippen LogP contribution in [0.5, 0.6) is 0 Å². The molecule has 6 heteroatoms. The minimum Gasteiger partial charge on any atom is -0.233 e. The summed E-state index contributed by atoms with van der Waals surface area (Å²) in [7, 11) is 0. The molecule has 0 radical (unpaired) electrons. The van der Waals surface area contributed by atoms with Gasteiger partial charge in [-0.15, -0.1) is 10.2 Å². The number of hydrogen-bond donors (Lipinski definition) is 0. The first-order valence-electron chi connectivity index (χ1n) is 3.72. The lowest BCUT2D eigenvalue weighted by atomic mass is 10.2. The summed E-state index contributed by atoms with van der Waals surface area (Å²) in [6.07, 6.45) is -3.17. The van der Waals surface area contributed by atoms with Gasteiger partial charge in [-0.05, 0) is 18.2 Å².